The number of aryl methyl sites for hydroxylation is 2. The van der Waals surface area contributed by atoms with E-state index in [1.165, 1.54) is 28.0 Å². The molecule has 17 heavy (non-hydrogen) atoms. The lowest BCUT2D eigenvalue weighted by Gasteiger charge is -2.13. The first-order valence-corrected chi connectivity index (χ1v) is 6.11. The molecule has 1 heterocycles. The molecule has 0 bridgehead atoms. The zero-order chi connectivity index (χ0) is 12.0. The van der Waals surface area contributed by atoms with E-state index in [0.29, 0.717) is 5.92 Å². The first kappa shape index (κ1) is 10.4. The Kier molecular flexibility index (Phi) is 2.22. The number of allylic oxidation sites excluding steroid dienone is 1. The van der Waals surface area contributed by atoms with Crippen LogP contribution in [0.2, 0.25) is 0 Å². The van der Waals surface area contributed by atoms with E-state index in [1.54, 1.807) is 0 Å². The van der Waals surface area contributed by atoms with Gasteiger partial charge < -0.3 is 4.57 Å². The second-order valence-electron chi connectivity index (χ2n) is 4.91. The van der Waals surface area contributed by atoms with Crippen molar-refractivity contribution in [3.63, 3.8) is 0 Å². The van der Waals surface area contributed by atoms with E-state index in [1.807, 2.05) is 0 Å². The first-order chi connectivity index (χ1) is 8.18. The van der Waals surface area contributed by atoms with Crippen molar-refractivity contribution in [2.24, 2.45) is 7.05 Å². The van der Waals surface area contributed by atoms with E-state index in [4.69, 9.17) is 0 Å². The van der Waals surface area contributed by atoms with Crippen LogP contribution in [0, 0.1) is 6.92 Å². The van der Waals surface area contributed by atoms with Crippen LogP contribution in [0.1, 0.15) is 35.2 Å². The molecule has 0 saturated carbocycles. The molecule has 1 nitrogen and oxygen atoms in total. The molecule has 0 saturated heterocycles. The summed E-state index contributed by atoms with van der Waals surface area (Å²) in [6, 6.07) is 10.9. The average Bonchev–Trinajstić information content (AvgIpc) is 2.82. The molecule has 1 atom stereocenters. The summed E-state index contributed by atoms with van der Waals surface area (Å²) in [7, 11) is 2.12. The van der Waals surface area contributed by atoms with Gasteiger partial charge in [-0.2, -0.15) is 0 Å². The van der Waals surface area contributed by atoms with Crippen LogP contribution in [0.3, 0.4) is 0 Å². The minimum Gasteiger partial charge on any atom is -0.351 e. The first-order valence-electron chi connectivity index (χ1n) is 6.11. The van der Waals surface area contributed by atoms with Gasteiger partial charge in [0.05, 0.1) is 0 Å². The van der Waals surface area contributed by atoms with Gasteiger partial charge in [-0.15, -0.1) is 0 Å². The van der Waals surface area contributed by atoms with Crippen LogP contribution >= 0.6 is 0 Å². The fraction of sp³-hybridized carbons (Fsp3) is 0.250. The quantitative estimate of drug-likeness (QED) is 0.689. The third kappa shape index (κ3) is 1.46. The van der Waals surface area contributed by atoms with Gasteiger partial charge in [0.25, 0.3) is 0 Å². The van der Waals surface area contributed by atoms with Crippen LogP contribution in [-0.4, -0.2) is 4.57 Å². The number of nitrogens with zero attached hydrogens (tertiary/aromatic N) is 1. The Labute approximate surface area is 102 Å². The van der Waals surface area contributed by atoms with Crippen molar-refractivity contribution in [1.29, 1.82) is 0 Å². The zero-order valence-corrected chi connectivity index (χ0v) is 10.6. The van der Waals surface area contributed by atoms with Gasteiger partial charge in [-0.1, -0.05) is 31.2 Å². The number of aromatic nitrogens is 1. The van der Waals surface area contributed by atoms with E-state index < -0.39 is 0 Å². The fourth-order valence-corrected chi connectivity index (χ4v) is 2.86. The van der Waals surface area contributed by atoms with Gasteiger partial charge in [0.2, 0.25) is 0 Å². The fourth-order valence-electron chi connectivity index (χ4n) is 2.86. The Bertz CT molecular complexity index is 582. The van der Waals surface area contributed by atoms with Gasteiger partial charge in [-0.3, -0.25) is 0 Å². The molecule has 0 N–H and O–H groups in total. The maximum absolute atomic E-state index is 2.34. The predicted molar refractivity (Wildman–Crippen MR) is 72.9 cm³/mol. The highest BCUT2D eigenvalue weighted by atomic mass is 14.9. The summed E-state index contributed by atoms with van der Waals surface area (Å²) >= 11 is 0. The second kappa shape index (κ2) is 3.63. The van der Waals surface area contributed by atoms with Crippen molar-refractivity contribution in [1.82, 2.24) is 4.57 Å². The molecule has 3 rings (SSSR count). The summed E-state index contributed by atoms with van der Waals surface area (Å²) in [6.07, 6.45) is 4.48. The van der Waals surface area contributed by atoms with E-state index in [9.17, 15) is 0 Å². The molecule has 0 spiro atoms. The van der Waals surface area contributed by atoms with E-state index in [2.05, 4.69) is 68.1 Å². The lowest BCUT2D eigenvalue weighted by atomic mass is 9.95. The number of fused-ring (bicyclic) bond motifs is 1. The topological polar surface area (TPSA) is 4.93 Å². The van der Waals surface area contributed by atoms with Crippen LogP contribution in [0.15, 0.2) is 36.5 Å². The van der Waals surface area contributed by atoms with Gasteiger partial charge in [0, 0.05) is 24.9 Å². The molecule has 86 valence electrons. The van der Waals surface area contributed by atoms with Crippen molar-refractivity contribution in [3.8, 4) is 0 Å². The molecular formula is C16H17N. The van der Waals surface area contributed by atoms with Crippen LogP contribution in [0.4, 0.5) is 0 Å². The summed E-state index contributed by atoms with van der Waals surface area (Å²) in [4.78, 5) is 0. The smallest absolute Gasteiger partial charge is 0.0472 e. The largest absolute Gasteiger partial charge is 0.351 e. The Morgan fingerprint density at radius 1 is 1.12 bits per heavy atom. The molecule has 1 aromatic carbocycles. The number of hydrogen-bond donors (Lipinski definition) is 0. The van der Waals surface area contributed by atoms with Crippen LogP contribution < -0.4 is 0 Å². The molecule has 0 amide bonds. The van der Waals surface area contributed by atoms with Crippen LogP contribution in [0.5, 0.6) is 0 Å². The van der Waals surface area contributed by atoms with Crippen molar-refractivity contribution in [3.05, 3.63) is 58.9 Å². The minimum absolute atomic E-state index is 0.499. The Hall–Kier alpha value is -1.76. The van der Waals surface area contributed by atoms with Gasteiger partial charge >= 0.3 is 0 Å². The molecule has 0 radical (unpaired) electrons. The summed E-state index contributed by atoms with van der Waals surface area (Å²) < 4.78 is 2.23. The summed E-state index contributed by atoms with van der Waals surface area (Å²) in [6.45, 7) is 4.48. The molecule has 1 aliphatic rings. The minimum atomic E-state index is 0.499. The molecular weight excluding hydrogens is 206 g/mol. The lowest BCUT2D eigenvalue weighted by molar-refractivity contribution is 0.881. The molecule has 0 fully saturated rings. The second-order valence-corrected chi connectivity index (χ2v) is 4.91. The average molecular weight is 223 g/mol. The predicted octanol–water partition coefficient (Wildman–Crippen LogP) is 3.99. The Morgan fingerprint density at radius 3 is 2.53 bits per heavy atom. The number of benzene rings is 1. The maximum atomic E-state index is 2.34. The van der Waals surface area contributed by atoms with Gasteiger partial charge in [-0.25, -0.2) is 0 Å². The third-order valence-corrected chi connectivity index (χ3v) is 3.79. The molecule has 0 aliphatic heterocycles. The highest BCUT2D eigenvalue weighted by Gasteiger charge is 2.24. The van der Waals surface area contributed by atoms with E-state index in [-0.39, 0.29) is 0 Å². The third-order valence-electron chi connectivity index (χ3n) is 3.79. The van der Waals surface area contributed by atoms with Crippen LogP contribution in [0.25, 0.3) is 11.6 Å². The molecule has 1 heteroatoms. The zero-order valence-electron chi connectivity index (χ0n) is 10.6. The van der Waals surface area contributed by atoms with Gasteiger partial charge in [0.1, 0.15) is 0 Å². The number of hydrogen-bond acceptors (Lipinski definition) is 0. The standard InChI is InChI=1S/C16H17N/c1-11-8-9-17(3)16(11)15-10-13-6-4-5-7-14(13)12(15)2/h4-10,12H,1-3H3. The van der Waals surface area contributed by atoms with Crippen molar-refractivity contribution in [2.45, 2.75) is 19.8 Å². The van der Waals surface area contributed by atoms with E-state index >= 15 is 0 Å². The summed E-state index contributed by atoms with van der Waals surface area (Å²) in [5.41, 5.74) is 6.99. The monoisotopic (exact) mass is 223 g/mol. The SMILES string of the molecule is Cc1ccn(C)c1C1=Cc2ccccc2C1C. The number of rotatable bonds is 1. The highest BCUT2D eigenvalue weighted by Crippen LogP contribution is 2.42. The molecule has 1 aromatic heterocycles. The lowest BCUT2D eigenvalue weighted by Crippen LogP contribution is -2.00. The normalized spacial score (nSPS) is 18.1. The van der Waals surface area contributed by atoms with Crippen molar-refractivity contribution < 1.29 is 0 Å². The van der Waals surface area contributed by atoms with E-state index in [0.717, 1.165) is 0 Å². The molecule has 1 aliphatic carbocycles. The maximum Gasteiger partial charge on any atom is 0.0472 e. The van der Waals surface area contributed by atoms with Crippen molar-refractivity contribution in [2.75, 3.05) is 0 Å². The summed E-state index contributed by atoms with van der Waals surface area (Å²) in [5, 5.41) is 0. The van der Waals surface area contributed by atoms with Crippen molar-refractivity contribution >= 4 is 11.6 Å². The highest BCUT2D eigenvalue weighted by molar-refractivity contribution is 5.91. The molecule has 2 aromatic rings. The Balaban J connectivity index is 2.15. The molecule has 1 unspecified atom stereocenters. The summed E-state index contributed by atoms with van der Waals surface area (Å²) in [5.74, 6) is 0.499. The van der Waals surface area contributed by atoms with Crippen LogP contribution in [-0.2, 0) is 7.05 Å². The van der Waals surface area contributed by atoms with Gasteiger partial charge in [-0.05, 0) is 41.3 Å². The Morgan fingerprint density at radius 2 is 1.88 bits per heavy atom. The van der Waals surface area contributed by atoms with Gasteiger partial charge in [0.15, 0.2) is 0 Å².